The van der Waals surface area contributed by atoms with Crippen LogP contribution in [0.4, 0.5) is 0 Å². The minimum absolute atomic E-state index is 0.728. The van der Waals surface area contributed by atoms with Gasteiger partial charge in [0.05, 0.1) is 5.52 Å². The molecule has 0 saturated carbocycles. The Balaban J connectivity index is 2.20. The van der Waals surface area contributed by atoms with Gasteiger partial charge >= 0.3 is 0 Å². The maximum absolute atomic E-state index is 5.65. The molecule has 15 heavy (non-hydrogen) atoms. The molecule has 0 aliphatic carbocycles. The van der Waals surface area contributed by atoms with Crippen LogP contribution in [0.1, 0.15) is 5.56 Å². The highest BCUT2D eigenvalue weighted by Gasteiger charge is 2.09. The molecular formula is C12H12N2O. The summed E-state index contributed by atoms with van der Waals surface area (Å²) < 4.78 is 5.65. The average molecular weight is 200 g/mol. The smallest absolute Gasteiger partial charge is 0.126 e. The quantitative estimate of drug-likeness (QED) is 0.703. The number of ether oxygens (including phenoxy) is 1. The average Bonchev–Trinajstić information content (AvgIpc) is 2.50. The van der Waals surface area contributed by atoms with Gasteiger partial charge in [0.2, 0.25) is 0 Å². The fourth-order valence-corrected chi connectivity index (χ4v) is 1.88. The summed E-state index contributed by atoms with van der Waals surface area (Å²) in [6, 6.07) is 8.21. The van der Waals surface area contributed by atoms with Gasteiger partial charge < -0.3 is 10.1 Å². The lowest BCUT2D eigenvalue weighted by Crippen LogP contribution is -2.16. The van der Waals surface area contributed by atoms with Crippen molar-refractivity contribution in [2.75, 3.05) is 13.2 Å². The molecule has 3 nitrogen and oxygen atoms in total. The predicted octanol–water partition coefficient (Wildman–Crippen LogP) is 1.72. The topological polar surface area (TPSA) is 34.2 Å². The predicted molar refractivity (Wildman–Crippen MR) is 58.9 cm³/mol. The minimum Gasteiger partial charge on any atom is -0.492 e. The molecule has 0 amide bonds. The van der Waals surface area contributed by atoms with Gasteiger partial charge in [0, 0.05) is 36.3 Å². The van der Waals surface area contributed by atoms with E-state index < -0.39 is 0 Å². The van der Waals surface area contributed by atoms with E-state index in [1.807, 2.05) is 18.3 Å². The first-order chi connectivity index (χ1) is 7.43. The number of hydrogen-bond acceptors (Lipinski definition) is 3. The van der Waals surface area contributed by atoms with E-state index >= 15 is 0 Å². The van der Waals surface area contributed by atoms with Gasteiger partial charge in [-0.1, -0.05) is 6.07 Å². The third-order valence-corrected chi connectivity index (χ3v) is 2.64. The van der Waals surface area contributed by atoms with Gasteiger partial charge in [-0.05, 0) is 12.1 Å². The standard InChI is InChI=1S/C12H12N2O/c1-2-9-6-10-8-13-4-5-15-12(10)7-11(9)14-3-1/h1-3,6-7,13H,4-5,8H2. The number of nitrogens with one attached hydrogen (secondary N) is 1. The molecule has 3 rings (SSSR count). The Bertz CT molecular complexity index is 451. The number of benzene rings is 1. The number of nitrogens with zero attached hydrogens (tertiary/aromatic N) is 1. The molecule has 0 saturated heterocycles. The summed E-state index contributed by atoms with van der Waals surface area (Å²) in [5.74, 6) is 0.964. The summed E-state index contributed by atoms with van der Waals surface area (Å²) in [6.07, 6.45) is 1.81. The largest absolute Gasteiger partial charge is 0.492 e. The van der Waals surface area contributed by atoms with Crippen LogP contribution in [0.25, 0.3) is 10.9 Å². The fourth-order valence-electron chi connectivity index (χ4n) is 1.88. The maximum atomic E-state index is 5.65. The van der Waals surface area contributed by atoms with Crippen LogP contribution in [0, 0.1) is 0 Å². The number of rotatable bonds is 0. The van der Waals surface area contributed by atoms with E-state index in [2.05, 4.69) is 22.4 Å². The molecule has 0 bridgehead atoms. The van der Waals surface area contributed by atoms with Gasteiger partial charge in [0.1, 0.15) is 12.4 Å². The third kappa shape index (κ3) is 1.55. The minimum atomic E-state index is 0.728. The first-order valence-corrected chi connectivity index (χ1v) is 5.15. The van der Waals surface area contributed by atoms with E-state index in [0.717, 1.165) is 31.0 Å². The van der Waals surface area contributed by atoms with Crippen LogP contribution in [-0.4, -0.2) is 18.1 Å². The molecule has 0 spiro atoms. The Hall–Kier alpha value is -1.61. The van der Waals surface area contributed by atoms with Gasteiger partial charge in [-0.15, -0.1) is 0 Å². The molecule has 0 unspecified atom stereocenters. The van der Waals surface area contributed by atoms with Crippen LogP contribution in [0.3, 0.4) is 0 Å². The Morgan fingerprint density at radius 1 is 1.33 bits per heavy atom. The lowest BCUT2D eigenvalue weighted by molar-refractivity contribution is 0.326. The Morgan fingerprint density at radius 2 is 2.33 bits per heavy atom. The summed E-state index contributed by atoms with van der Waals surface area (Å²) in [5, 5.41) is 4.49. The van der Waals surface area contributed by atoms with Crippen molar-refractivity contribution in [3.05, 3.63) is 36.0 Å². The van der Waals surface area contributed by atoms with Crippen LogP contribution in [-0.2, 0) is 6.54 Å². The van der Waals surface area contributed by atoms with Gasteiger partial charge in [-0.3, -0.25) is 4.98 Å². The summed E-state index contributed by atoms with van der Waals surface area (Å²) in [4.78, 5) is 4.32. The Morgan fingerprint density at radius 3 is 3.33 bits per heavy atom. The summed E-state index contributed by atoms with van der Waals surface area (Å²) in [5.41, 5.74) is 2.21. The molecule has 0 radical (unpaired) electrons. The molecule has 0 fully saturated rings. The van der Waals surface area contributed by atoms with E-state index in [-0.39, 0.29) is 0 Å². The first-order valence-electron chi connectivity index (χ1n) is 5.15. The van der Waals surface area contributed by atoms with Gasteiger partial charge in [-0.25, -0.2) is 0 Å². The summed E-state index contributed by atoms with van der Waals surface area (Å²) in [7, 11) is 0. The SMILES string of the molecule is c1cnc2cc3c(cc2c1)CNCCO3. The molecule has 1 aliphatic rings. The molecule has 1 aromatic carbocycles. The van der Waals surface area contributed by atoms with Crippen molar-refractivity contribution < 1.29 is 4.74 Å². The lowest BCUT2D eigenvalue weighted by Gasteiger charge is -2.07. The second kappa shape index (κ2) is 3.51. The summed E-state index contributed by atoms with van der Waals surface area (Å²) in [6.45, 7) is 2.50. The molecular weight excluding hydrogens is 188 g/mol. The lowest BCUT2D eigenvalue weighted by atomic mass is 10.1. The highest BCUT2D eigenvalue weighted by atomic mass is 16.5. The Kier molecular flexibility index (Phi) is 2.03. The highest BCUT2D eigenvalue weighted by molar-refractivity contribution is 5.81. The van der Waals surface area contributed by atoms with Crippen LogP contribution in [0.15, 0.2) is 30.5 Å². The molecule has 1 aromatic heterocycles. The molecule has 2 heterocycles. The van der Waals surface area contributed by atoms with Gasteiger partial charge in [0.15, 0.2) is 0 Å². The first kappa shape index (κ1) is 8.68. The van der Waals surface area contributed by atoms with Crippen LogP contribution < -0.4 is 10.1 Å². The van der Waals surface area contributed by atoms with E-state index in [4.69, 9.17) is 4.74 Å². The van der Waals surface area contributed by atoms with Gasteiger partial charge in [0.25, 0.3) is 0 Å². The van der Waals surface area contributed by atoms with Gasteiger partial charge in [-0.2, -0.15) is 0 Å². The monoisotopic (exact) mass is 200 g/mol. The van der Waals surface area contributed by atoms with E-state index in [1.54, 1.807) is 0 Å². The second-order valence-corrected chi connectivity index (χ2v) is 3.68. The normalized spacial score (nSPS) is 15.5. The zero-order valence-electron chi connectivity index (χ0n) is 8.36. The Labute approximate surface area is 88.1 Å². The van der Waals surface area contributed by atoms with Crippen molar-refractivity contribution in [3.63, 3.8) is 0 Å². The van der Waals surface area contributed by atoms with Crippen molar-refractivity contribution in [1.29, 1.82) is 0 Å². The third-order valence-electron chi connectivity index (χ3n) is 2.64. The van der Waals surface area contributed by atoms with E-state index in [1.165, 1.54) is 10.9 Å². The number of hydrogen-bond donors (Lipinski definition) is 1. The number of aromatic nitrogens is 1. The second-order valence-electron chi connectivity index (χ2n) is 3.68. The van der Waals surface area contributed by atoms with Crippen molar-refractivity contribution in [2.45, 2.75) is 6.54 Å². The van der Waals surface area contributed by atoms with Crippen molar-refractivity contribution >= 4 is 10.9 Å². The van der Waals surface area contributed by atoms with Crippen LogP contribution in [0.2, 0.25) is 0 Å². The molecule has 76 valence electrons. The molecule has 1 N–H and O–H groups in total. The molecule has 3 heteroatoms. The molecule has 2 aromatic rings. The van der Waals surface area contributed by atoms with E-state index in [9.17, 15) is 0 Å². The summed E-state index contributed by atoms with van der Waals surface area (Å²) >= 11 is 0. The van der Waals surface area contributed by atoms with E-state index in [0.29, 0.717) is 0 Å². The van der Waals surface area contributed by atoms with Crippen molar-refractivity contribution in [1.82, 2.24) is 10.3 Å². The number of fused-ring (bicyclic) bond motifs is 2. The van der Waals surface area contributed by atoms with Crippen LogP contribution >= 0.6 is 0 Å². The zero-order valence-corrected chi connectivity index (χ0v) is 8.36. The van der Waals surface area contributed by atoms with Crippen LogP contribution in [0.5, 0.6) is 5.75 Å². The maximum Gasteiger partial charge on any atom is 0.126 e. The van der Waals surface area contributed by atoms with Crippen molar-refractivity contribution in [3.8, 4) is 5.75 Å². The molecule has 1 aliphatic heterocycles. The van der Waals surface area contributed by atoms with Crippen molar-refractivity contribution in [2.24, 2.45) is 0 Å². The number of pyridine rings is 1. The molecule has 0 atom stereocenters. The fraction of sp³-hybridized carbons (Fsp3) is 0.250. The zero-order chi connectivity index (χ0) is 10.1. The highest BCUT2D eigenvalue weighted by Crippen LogP contribution is 2.25.